The molecule has 2 N–H and O–H groups in total. The summed E-state index contributed by atoms with van der Waals surface area (Å²) in [5.74, 6) is -0.225. The highest BCUT2D eigenvalue weighted by Gasteiger charge is 2.19. The minimum atomic E-state index is -0.225. The van der Waals surface area contributed by atoms with Gasteiger partial charge in [0.2, 0.25) is 5.56 Å². The topological polar surface area (TPSA) is 87.7 Å². The highest BCUT2D eigenvalue weighted by atomic mass is 32.1. The van der Waals surface area contributed by atoms with E-state index in [1.54, 1.807) is 12.1 Å². The van der Waals surface area contributed by atoms with E-state index in [4.69, 9.17) is 0 Å². The molecule has 1 aromatic carbocycles. The van der Waals surface area contributed by atoms with Gasteiger partial charge in [0, 0.05) is 17.1 Å². The van der Waals surface area contributed by atoms with Crippen LogP contribution in [0.2, 0.25) is 0 Å². The molecule has 0 aliphatic rings. The number of aromatic nitrogens is 3. The van der Waals surface area contributed by atoms with Gasteiger partial charge in [-0.1, -0.05) is 44.7 Å². The molecular formula is C19H22N4O2S. The van der Waals surface area contributed by atoms with Crippen LogP contribution in [-0.2, 0) is 11.8 Å². The Labute approximate surface area is 155 Å². The molecule has 0 saturated heterocycles. The van der Waals surface area contributed by atoms with Crippen LogP contribution >= 0.6 is 11.5 Å². The third kappa shape index (κ3) is 3.67. The lowest BCUT2D eigenvalue weighted by Gasteiger charge is -2.21. The third-order valence-electron chi connectivity index (χ3n) is 4.16. The summed E-state index contributed by atoms with van der Waals surface area (Å²) < 4.78 is 3.89. The lowest BCUT2D eigenvalue weighted by molar-refractivity contribution is 0.102. The van der Waals surface area contributed by atoms with E-state index in [0.29, 0.717) is 16.1 Å². The van der Waals surface area contributed by atoms with E-state index in [0.717, 1.165) is 41.0 Å². The molecule has 0 spiro atoms. The Morgan fingerprint density at radius 1 is 1.27 bits per heavy atom. The first-order valence-electron chi connectivity index (χ1n) is 8.59. The fourth-order valence-electron chi connectivity index (χ4n) is 2.93. The van der Waals surface area contributed by atoms with Crippen LogP contribution in [0.25, 0.3) is 10.9 Å². The number of anilines is 1. The number of hydrogen-bond acceptors (Lipinski definition) is 5. The summed E-state index contributed by atoms with van der Waals surface area (Å²) in [5.41, 5.74) is 2.73. The van der Waals surface area contributed by atoms with Gasteiger partial charge >= 0.3 is 0 Å². The quantitative estimate of drug-likeness (QED) is 0.729. The molecule has 136 valence electrons. The maximum absolute atomic E-state index is 12.5. The molecule has 0 aliphatic carbocycles. The molecule has 26 heavy (non-hydrogen) atoms. The van der Waals surface area contributed by atoms with Crippen LogP contribution in [-0.4, -0.2) is 20.5 Å². The summed E-state index contributed by atoms with van der Waals surface area (Å²) in [6, 6.07) is 7.21. The molecule has 0 bridgehead atoms. The van der Waals surface area contributed by atoms with Crippen LogP contribution in [0.5, 0.6) is 0 Å². The Balaban J connectivity index is 1.96. The number of rotatable bonds is 4. The second kappa shape index (κ2) is 6.99. The number of nitrogens with one attached hydrogen (secondary N) is 2. The number of pyridine rings is 1. The van der Waals surface area contributed by atoms with Crippen molar-refractivity contribution in [3.8, 4) is 0 Å². The molecule has 3 aromatic rings. The molecule has 3 rings (SSSR count). The Morgan fingerprint density at radius 2 is 2.04 bits per heavy atom. The van der Waals surface area contributed by atoms with Gasteiger partial charge in [0.25, 0.3) is 5.91 Å². The fraction of sp³-hybridized carbons (Fsp3) is 0.368. The number of nitrogens with zero attached hydrogens (tertiary/aromatic N) is 2. The zero-order valence-corrected chi connectivity index (χ0v) is 16.2. The molecule has 1 amide bonds. The van der Waals surface area contributed by atoms with Crippen molar-refractivity contribution >= 4 is 34.0 Å². The first-order chi connectivity index (χ1) is 12.3. The molecule has 0 radical (unpaired) electrons. The summed E-state index contributed by atoms with van der Waals surface area (Å²) in [6.45, 7) is 8.25. The van der Waals surface area contributed by atoms with Crippen molar-refractivity contribution in [3.63, 3.8) is 0 Å². The van der Waals surface area contributed by atoms with Crippen molar-refractivity contribution in [2.24, 2.45) is 0 Å². The van der Waals surface area contributed by atoms with Crippen molar-refractivity contribution in [1.29, 1.82) is 0 Å². The number of H-pyrrole nitrogens is 1. The number of aryl methyl sites for hydroxylation is 1. The van der Waals surface area contributed by atoms with Crippen LogP contribution in [0.15, 0.2) is 29.1 Å². The number of benzene rings is 1. The first kappa shape index (κ1) is 18.3. The highest BCUT2D eigenvalue weighted by Crippen LogP contribution is 2.29. The maximum atomic E-state index is 12.5. The van der Waals surface area contributed by atoms with Crippen LogP contribution < -0.4 is 10.9 Å². The van der Waals surface area contributed by atoms with Crippen LogP contribution in [0.4, 0.5) is 5.69 Å². The van der Waals surface area contributed by atoms with Crippen molar-refractivity contribution in [1.82, 2.24) is 14.6 Å². The third-order valence-corrected chi connectivity index (χ3v) is 4.92. The van der Waals surface area contributed by atoms with Crippen molar-refractivity contribution < 1.29 is 4.79 Å². The number of carbonyl (C=O) groups is 1. The smallest absolute Gasteiger partial charge is 0.269 e. The molecule has 7 heteroatoms. The summed E-state index contributed by atoms with van der Waals surface area (Å²) in [5, 5.41) is 7.88. The number of fused-ring (bicyclic) bond motifs is 1. The molecule has 2 aromatic heterocycles. The molecule has 0 atom stereocenters. The Morgan fingerprint density at radius 3 is 2.73 bits per heavy atom. The second-order valence-corrected chi connectivity index (χ2v) is 8.06. The first-order valence-corrected chi connectivity index (χ1v) is 9.37. The van der Waals surface area contributed by atoms with Crippen LogP contribution in [0, 0.1) is 0 Å². The summed E-state index contributed by atoms with van der Waals surface area (Å²) in [7, 11) is 0. The number of hydrogen-bond donors (Lipinski definition) is 2. The number of amides is 1. The van der Waals surface area contributed by atoms with E-state index in [1.165, 1.54) is 0 Å². The minimum absolute atomic E-state index is 0.150. The van der Waals surface area contributed by atoms with Gasteiger partial charge in [-0.3, -0.25) is 9.59 Å². The van der Waals surface area contributed by atoms with Crippen LogP contribution in [0.3, 0.4) is 0 Å². The van der Waals surface area contributed by atoms with Gasteiger partial charge in [-0.2, -0.15) is 0 Å². The average molecular weight is 370 g/mol. The van der Waals surface area contributed by atoms with E-state index in [-0.39, 0.29) is 16.9 Å². The van der Waals surface area contributed by atoms with Gasteiger partial charge in [-0.15, -0.1) is 5.10 Å². The van der Waals surface area contributed by atoms with E-state index < -0.39 is 0 Å². The lowest BCUT2D eigenvalue weighted by atomic mass is 9.85. The Hall–Kier alpha value is -2.54. The second-order valence-electron chi connectivity index (χ2n) is 7.31. The van der Waals surface area contributed by atoms with Crippen molar-refractivity contribution in [2.75, 3.05) is 5.32 Å². The molecular weight excluding hydrogens is 348 g/mol. The summed E-state index contributed by atoms with van der Waals surface area (Å²) in [6.07, 6.45) is 1.62. The molecule has 0 saturated carbocycles. The fourth-order valence-corrected chi connectivity index (χ4v) is 3.53. The molecule has 0 unspecified atom stereocenters. The van der Waals surface area contributed by atoms with E-state index >= 15 is 0 Å². The predicted octanol–water partition coefficient (Wildman–Crippen LogP) is 3.88. The van der Waals surface area contributed by atoms with E-state index in [1.807, 2.05) is 19.1 Å². The molecule has 2 heterocycles. The molecule has 0 fully saturated rings. The Kier molecular flexibility index (Phi) is 4.91. The zero-order valence-electron chi connectivity index (χ0n) is 15.3. The minimum Gasteiger partial charge on any atom is -0.322 e. The summed E-state index contributed by atoms with van der Waals surface area (Å²) in [4.78, 5) is 28.0. The van der Waals surface area contributed by atoms with Gasteiger partial charge in [0.05, 0.1) is 11.2 Å². The lowest BCUT2D eigenvalue weighted by Crippen LogP contribution is -2.17. The standard InChI is InChI=1S/C19H22N4O2S/c1-5-6-14-17(26-23-22-14)18(25)20-11-7-8-12-13(19(2,3)4)10-16(24)21-15(12)9-11/h7-10H,5-6H2,1-4H3,(H,20,25)(H,21,24). The number of carbonyl (C=O) groups excluding carboxylic acids is 1. The SMILES string of the molecule is CCCc1nnsc1C(=O)Nc1ccc2c(C(C)(C)C)cc(=O)[nH]c2c1. The van der Waals surface area contributed by atoms with Gasteiger partial charge < -0.3 is 10.3 Å². The predicted molar refractivity (Wildman–Crippen MR) is 105 cm³/mol. The highest BCUT2D eigenvalue weighted by molar-refractivity contribution is 7.08. The van der Waals surface area contributed by atoms with Crippen molar-refractivity contribution in [3.05, 3.63) is 50.8 Å². The van der Waals surface area contributed by atoms with Gasteiger partial charge in [0.15, 0.2) is 0 Å². The molecule has 0 aliphatic heterocycles. The Bertz CT molecular complexity index is 1010. The van der Waals surface area contributed by atoms with E-state index in [2.05, 4.69) is 40.7 Å². The van der Waals surface area contributed by atoms with Gasteiger partial charge in [-0.05, 0) is 41.1 Å². The maximum Gasteiger partial charge on any atom is 0.269 e. The zero-order chi connectivity index (χ0) is 18.9. The van der Waals surface area contributed by atoms with Crippen molar-refractivity contribution in [2.45, 2.75) is 46.0 Å². The molecule has 6 nitrogen and oxygen atoms in total. The normalized spacial score (nSPS) is 11.7. The monoisotopic (exact) mass is 370 g/mol. The van der Waals surface area contributed by atoms with Gasteiger partial charge in [0.1, 0.15) is 4.88 Å². The largest absolute Gasteiger partial charge is 0.322 e. The van der Waals surface area contributed by atoms with Crippen LogP contribution in [0.1, 0.15) is 55.0 Å². The number of aromatic amines is 1. The van der Waals surface area contributed by atoms with E-state index in [9.17, 15) is 9.59 Å². The average Bonchev–Trinajstić information content (AvgIpc) is 3.01. The summed E-state index contributed by atoms with van der Waals surface area (Å²) >= 11 is 1.10. The van der Waals surface area contributed by atoms with Gasteiger partial charge in [-0.25, -0.2) is 0 Å².